The van der Waals surface area contributed by atoms with Crippen molar-refractivity contribution in [2.45, 2.75) is 13.3 Å². The van der Waals surface area contributed by atoms with Crippen molar-refractivity contribution in [2.75, 3.05) is 0 Å². The summed E-state index contributed by atoms with van der Waals surface area (Å²) in [5.74, 6) is 0.00119. The van der Waals surface area contributed by atoms with Gasteiger partial charge in [-0.05, 0) is 18.2 Å². The van der Waals surface area contributed by atoms with Gasteiger partial charge >= 0.3 is 0 Å². The maximum Gasteiger partial charge on any atom is 0.198 e. The number of aromatic amines is 1. The van der Waals surface area contributed by atoms with Crippen LogP contribution in [0.4, 0.5) is 4.39 Å². The first-order valence-corrected chi connectivity index (χ1v) is 6.09. The SMILES string of the molecule is CCc1occc1C(=O)c1c[nH]c2cccc(F)c12. The van der Waals surface area contributed by atoms with E-state index < -0.39 is 5.82 Å². The monoisotopic (exact) mass is 257 g/mol. The summed E-state index contributed by atoms with van der Waals surface area (Å²) in [6.45, 7) is 1.91. The maximum atomic E-state index is 13.9. The second kappa shape index (κ2) is 4.39. The summed E-state index contributed by atoms with van der Waals surface area (Å²) in [7, 11) is 0. The van der Waals surface area contributed by atoms with E-state index >= 15 is 0 Å². The highest BCUT2D eigenvalue weighted by molar-refractivity contribution is 6.16. The number of benzene rings is 1. The van der Waals surface area contributed by atoms with Crippen molar-refractivity contribution in [1.29, 1.82) is 0 Å². The highest BCUT2D eigenvalue weighted by Gasteiger charge is 2.20. The normalized spacial score (nSPS) is 11.1. The van der Waals surface area contributed by atoms with Crippen LogP contribution in [-0.2, 0) is 6.42 Å². The minimum Gasteiger partial charge on any atom is -0.469 e. The zero-order chi connectivity index (χ0) is 13.4. The molecule has 0 spiro atoms. The van der Waals surface area contributed by atoms with Gasteiger partial charge in [0, 0.05) is 23.5 Å². The Morgan fingerprint density at radius 2 is 2.16 bits per heavy atom. The van der Waals surface area contributed by atoms with Gasteiger partial charge in [0.05, 0.1) is 17.4 Å². The lowest BCUT2D eigenvalue weighted by atomic mass is 10.0. The Hall–Kier alpha value is -2.36. The van der Waals surface area contributed by atoms with Gasteiger partial charge in [0.2, 0.25) is 0 Å². The Morgan fingerprint density at radius 1 is 1.32 bits per heavy atom. The number of furan rings is 1. The van der Waals surface area contributed by atoms with Crippen LogP contribution in [0.5, 0.6) is 0 Å². The molecule has 3 rings (SSSR count). The van der Waals surface area contributed by atoms with Crippen LogP contribution in [0.25, 0.3) is 10.9 Å². The summed E-state index contributed by atoms with van der Waals surface area (Å²) in [5.41, 5.74) is 1.45. The van der Waals surface area contributed by atoms with Crippen LogP contribution in [0.3, 0.4) is 0 Å². The summed E-state index contributed by atoms with van der Waals surface area (Å²) in [6, 6.07) is 6.33. The lowest BCUT2D eigenvalue weighted by Crippen LogP contribution is -2.02. The van der Waals surface area contributed by atoms with E-state index in [0.29, 0.717) is 34.2 Å². The van der Waals surface area contributed by atoms with E-state index in [4.69, 9.17) is 4.42 Å². The van der Waals surface area contributed by atoms with Crippen LogP contribution in [0.2, 0.25) is 0 Å². The highest BCUT2D eigenvalue weighted by atomic mass is 19.1. The first kappa shape index (κ1) is 11.7. The van der Waals surface area contributed by atoms with Gasteiger partial charge in [0.15, 0.2) is 5.78 Å². The molecule has 0 aliphatic heterocycles. The lowest BCUT2D eigenvalue weighted by molar-refractivity contribution is 0.103. The number of nitrogens with one attached hydrogen (secondary N) is 1. The van der Waals surface area contributed by atoms with Gasteiger partial charge < -0.3 is 9.40 Å². The van der Waals surface area contributed by atoms with E-state index in [9.17, 15) is 9.18 Å². The molecular weight excluding hydrogens is 245 g/mol. The van der Waals surface area contributed by atoms with Crippen LogP contribution in [0, 0.1) is 5.82 Å². The third kappa shape index (κ3) is 1.76. The number of halogens is 1. The zero-order valence-corrected chi connectivity index (χ0v) is 10.4. The van der Waals surface area contributed by atoms with Gasteiger partial charge in [-0.3, -0.25) is 4.79 Å². The predicted molar refractivity (Wildman–Crippen MR) is 69.8 cm³/mol. The van der Waals surface area contributed by atoms with Gasteiger partial charge in [-0.25, -0.2) is 4.39 Å². The van der Waals surface area contributed by atoms with Crippen LogP contribution in [-0.4, -0.2) is 10.8 Å². The highest BCUT2D eigenvalue weighted by Crippen LogP contribution is 2.25. The molecule has 0 fully saturated rings. The number of aryl methyl sites for hydroxylation is 1. The molecule has 2 heterocycles. The Morgan fingerprint density at radius 3 is 2.95 bits per heavy atom. The van der Waals surface area contributed by atoms with Gasteiger partial charge in [-0.15, -0.1) is 0 Å². The molecule has 0 atom stereocenters. The van der Waals surface area contributed by atoms with Crippen molar-refractivity contribution in [1.82, 2.24) is 4.98 Å². The number of carbonyl (C=O) groups is 1. The topological polar surface area (TPSA) is 46.0 Å². The summed E-state index contributed by atoms with van der Waals surface area (Å²) in [6.07, 6.45) is 3.65. The molecule has 4 heteroatoms. The number of hydrogen-bond acceptors (Lipinski definition) is 2. The molecule has 3 nitrogen and oxygen atoms in total. The Labute approximate surface area is 109 Å². The summed E-state index contributed by atoms with van der Waals surface area (Å²) < 4.78 is 19.1. The quantitative estimate of drug-likeness (QED) is 0.727. The van der Waals surface area contributed by atoms with Crippen molar-refractivity contribution >= 4 is 16.7 Å². The molecule has 1 N–H and O–H groups in total. The van der Waals surface area contributed by atoms with Gasteiger partial charge in [-0.2, -0.15) is 0 Å². The number of fused-ring (bicyclic) bond motifs is 1. The second-order valence-corrected chi connectivity index (χ2v) is 4.30. The zero-order valence-electron chi connectivity index (χ0n) is 10.4. The van der Waals surface area contributed by atoms with Crippen LogP contribution >= 0.6 is 0 Å². The fraction of sp³-hybridized carbons (Fsp3) is 0.133. The number of H-pyrrole nitrogens is 1. The van der Waals surface area contributed by atoms with Crippen LogP contribution in [0.1, 0.15) is 28.6 Å². The van der Waals surface area contributed by atoms with Crippen molar-refractivity contribution in [2.24, 2.45) is 0 Å². The van der Waals surface area contributed by atoms with Gasteiger partial charge in [0.1, 0.15) is 11.6 Å². The van der Waals surface area contributed by atoms with Crippen molar-refractivity contribution < 1.29 is 13.6 Å². The van der Waals surface area contributed by atoms with E-state index in [1.807, 2.05) is 6.92 Å². The standard InChI is InChI=1S/C15H12FNO2/c1-2-13-9(6-7-19-13)15(18)10-8-17-12-5-3-4-11(16)14(10)12/h3-8,17H,2H2,1H3. The number of rotatable bonds is 3. The van der Waals surface area contributed by atoms with Crippen LogP contribution < -0.4 is 0 Å². The Bertz CT molecular complexity index is 754. The fourth-order valence-electron chi connectivity index (χ4n) is 2.28. The van der Waals surface area contributed by atoms with E-state index in [-0.39, 0.29) is 5.78 Å². The number of carbonyl (C=O) groups excluding carboxylic acids is 1. The van der Waals surface area contributed by atoms with Crippen molar-refractivity contribution in [3.8, 4) is 0 Å². The molecule has 0 aliphatic rings. The van der Waals surface area contributed by atoms with Gasteiger partial charge in [-0.1, -0.05) is 13.0 Å². The molecule has 0 radical (unpaired) electrons. The second-order valence-electron chi connectivity index (χ2n) is 4.30. The molecule has 19 heavy (non-hydrogen) atoms. The van der Waals surface area contributed by atoms with Crippen LogP contribution in [0.15, 0.2) is 41.1 Å². The third-order valence-electron chi connectivity index (χ3n) is 3.21. The molecule has 96 valence electrons. The summed E-state index contributed by atoms with van der Waals surface area (Å²) >= 11 is 0. The number of ketones is 1. The van der Waals surface area contributed by atoms with E-state index in [1.54, 1.807) is 24.4 Å². The lowest BCUT2D eigenvalue weighted by Gasteiger charge is -2.00. The molecule has 1 aromatic carbocycles. The first-order chi connectivity index (χ1) is 9.22. The number of hydrogen-bond donors (Lipinski definition) is 1. The van der Waals surface area contributed by atoms with Gasteiger partial charge in [0.25, 0.3) is 0 Å². The summed E-state index contributed by atoms with van der Waals surface area (Å²) in [4.78, 5) is 15.4. The molecule has 2 aromatic heterocycles. The number of aromatic nitrogens is 1. The first-order valence-electron chi connectivity index (χ1n) is 6.09. The molecule has 0 aliphatic carbocycles. The van der Waals surface area contributed by atoms with E-state index in [2.05, 4.69) is 4.98 Å². The predicted octanol–water partition coefficient (Wildman–Crippen LogP) is 3.69. The average molecular weight is 257 g/mol. The van der Waals surface area contributed by atoms with E-state index in [0.717, 1.165) is 0 Å². The van der Waals surface area contributed by atoms with E-state index in [1.165, 1.54) is 12.3 Å². The molecule has 0 bridgehead atoms. The minimum absolute atomic E-state index is 0.220. The Kier molecular flexibility index (Phi) is 2.71. The smallest absolute Gasteiger partial charge is 0.198 e. The minimum atomic E-state index is -0.399. The molecule has 0 saturated carbocycles. The average Bonchev–Trinajstić information content (AvgIpc) is 3.05. The molecule has 0 unspecified atom stereocenters. The maximum absolute atomic E-state index is 13.9. The molecular formula is C15H12FNO2. The fourth-order valence-corrected chi connectivity index (χ4v) is 2.28. The Balaban J connectivity index is 2.17. The van der Waals surface area contributed by atoms with Crippen molar-refractivity contribution in [3.63, 3.8) is 0 Å². The molecule has 0 amide bonds. The molecule has 0 saturated heterocycles. The van der Waals surface area contributed by atoms with Crippen molar-refractivity contribution in [3.05, 3.63) is 59.4 Å². The summed E-state index contributed by atoms with van der Waals surface area (Å²) in [5, 5.41) is 0.329. The molecule has 3 aromatic rings. The third-order valence-corrected chi connectivity index (χ3v) is 3.21. The largest absolute Gasteiger partial charge is 0.469 e.